The first-order valence-electron chi connectivity index (χ1n) is 6.74. The molecule has 2 N–H and O–H groups in total. The summed E-state index contributed by atoms with van der Waals surface area (Å²) in [7, 11) is 0. The summed E-state index contributed by atoms with van der Waals surface area (Å²) >= 11 is 0. The highest BCUT2D eigenvalue weighted by Crippen LogP contribution is 2.15. The van der Waals surface area contributed by atoms with Gasteiger partial charge in [0.15, 0.2) is 5.78 Å². The maximum Gasteiger partial charge on any atom is 0.239 e. The first-order valence-corrected chi connectivity index (χ1v) is 6.74. The Bertz CT molecular complexity index is 620. The van der Waals surface area contributed by atoms with Crippen molar-refractivity contribution in [2.45, 2.75) is 19.9 Å². The van der Waals surface area contributed by atoms with Crippen molar-refractivity contribution in [2.75, 3.05) is 11.9 Å². The number of Topliss-reactive ketones (excluding diaryl/α,β-unsaturated/α-hetero) is 1. The van der Waals surface area contributed by atoms with E-state index in [4.69, 9.17) is 4.42 Å². The maximum atomic E-state index is 11.9. The SMILES string of the molecule is CC(=O)c1ccccc1NCC(=O)NC(C)c1ccco1. The lowest BCUT2D eigenvalue weighted by Crippen LogP contribution is -2.32. The Balaban J connectivity index is 1.91. The van der Waals surface area contributed by atoms with Gasteiger partial charge in [0.2, 0.25) is 5.91 Å². The van der Waals surface area contributed by atoms with Gasteiger partial charge < -0.3 is 15.1 Å². The largest absolute Gasteiger partial charge is 0.467 e. The third-order valence-electron chi connectivity index (χ3n) is 3.09. The third-order valence-corrected chi connectivity index (χ3v) is 3.09. The Morgan fingerprint density at radius 2 is 1.95 bits per heavy atom. The Morgan fingerprint density at radius 1 is 1.19 bits per heavy atom. The van der Waals surface area contributed by atoms with E-state index in [2.05, 4.69) is 10.6 Å². The highest BCUT2D eigenvalue weighted by atomic mass is 16.3. The molecule has 21 heavy (non-hydrogen) atoms. The lowest BCUT2D eigenvalue weighted by Gasteiger charge is -2.13. The number of benzene rings is 1. The number of hydrogen-bond acceptors (Lipinski definition) is 4. The molecular formula is C16H18N2O3. The second kappa shape index (κ2) is 6.74. The molecule has 1 aromatic carbocycles. The summed E-state index contributed by atoms with van der Waals surface area (Å²) in [6.07, 6.45) is 1.57. The number of hydrogen-bond donors (Lipinski definition) is 2. The minimum atomic E-state index is -0.197. The van der Waals surface area contributed by atoms with Crippen LogP contribution in [0, 0.1) is 0 Å². The van der Waals surface area contributed by atoms with Crippen molar-refractivity contribution in [3.63, 3.8) is 0 Å². The van der Waals surface area contributed by atoms with E-state index in [-0.39, 0.29) is 24.3 Å². The van der Waals surface area contributed by atoms with Crippen LogP contribution in [-0.4, -0.2) is 18.2 Å². The molecule has 1 atom stereocenters. The average Bonchev–Trinajstić information content (AvgIpc) is 2.99. The highest BCUT2D eigenvalue weighted by Gasteiger charge is 2.12. The minimum absolute atomic E-state index is 0.0394. The molecule has 0 aliphatic rings. The molecule has 5 nitrogen and oxygen atoms in total. The molecule has 0 radical (unpaired) electrons. The van der Waals surface area contributed by atoms with E-state index >= 15 is 0 Å². The lowest BCUT2D eigenvalue weighted by molar-refractivity contribution is -0.120. The van der Waals surface area contributed by atoms with Crippen LogP contribution in [0.3, 0.4) is 0 Å². The molecule has 0 fully saturated rings. The normalized spacial score (nSPS) is 11.7. The zero-order chi connectivity index (χ0) is 15.2. The van der Waals surface area contributed by atoms with Crippen LogP contribution in [0.2, 0.25) is 0 Å². The summed E-state index contributed by atoms with van der Waals surface area (Å²) < 4.78 is 5.23. The van der Waals surface area contributed by atoms with Gasteiger partial charge in [0.05, 0.1) is 18.8 Å². The summed E-state index contributed by atoms with van der Waals surface area (Å²) in [6.45, 7) is 3.44. The fourth-order valence-electron chi connectivity index (χ4n) is 2.02. The Labute approximate surface area is 123 Å². The van der Waals surface area contributed by atoms with Crippen LogP contribution < -0.4 is 10.6 Å². The first kappa shape index (κ1) is 14.8. The molecule has 2 rings (SSSR count). The third kappa shape index (κ3) is 3.95. The second-order valence-electron chi connectivity index (χ2n) is 4.76. The van der Waals surface area contributed by atoms with Gasteiger partial charge >= 0.3 is 0 Å². The molecule has 0 spiro atoms. The van der Waals surface area contributed by atoms with Crippen molar-refractivity contribution in [1.82, 2.24) is 5.32 Å². The van der Waals surface area contributed by atoms with Crippen molar-refractivity contribution in [3.8, 4) is 0 Å². The smallest absolute Gasteiger partial charge is 0.239 e. The van der Waals surface area contributed by atoms with Gasteiger partial charge in [-0.05, 0) is 38.1 Å². The summed E-state index contributed by atoms with van der Waals surface area (Å²) in [6, 6.07) is 10.5. The van der Waals surface area contributed by atoms with Crippen molar-refractivity contribution in [2.24, 2.45) is 0 Å². The van der Waals surface area contributed by atoms with Gasteiger partial charge in [-0.3, -0.25) is 9.59 Å². The van der Waals surface area contributed by atoms with Crippen molar-refractivity contribution < 1.29 is 14.0 Å². The predicted molar refractivity (Wildman–Crippen MR) is 80.2 cm³/mol. The van der Waals surface area contributed by atoms with Crippen molar-refractivity contribution in [1.29, 1.82) is 0 Å². The van der Waals surface area contributed by atoms with Crippen LogP contribution in [0.1, 0.15) is 36.0 Å². The molecule has 1 unspecified atom stereocenters. The van der Waals surface area contributed by atoms with Crippen molar-refractivity contribution >= 4 is 17.4 Å². The van der Waals surface area contributed by atoms with E-state index in [0.717, 1.165) is 0 Å². The van der Waals surface area contributed by atoms with Crippen LogP contribution >= 0.6 is 0 Å². The summed E-state index contributed by atoms with van der Waals surface area (Å²) in [5.74, 6) is 0.493. The highest BCUT2D eigenvalue weighted by molar-refractivity contribution is 6.00. The Hall–Kier alpha value is -2.56. The van der Waals surface area contributed by atoms with Crippen molar-refractivity contribution in [3.05, 3.63) is 54.0 Å². The van der Waals surface area contributed by atoms with E-state index in [1.165, 1.54) is 6.92 Å². The molecule has 1 heterocycles. The molecule has 1 aromatic heterocycles. The number of nitrogens with one attached hydrogen (secondary N) is 2. The van der Waals surface area contributed by atoms with E-state index in [1.54, 1.807) is 30.5 Å². The van der Waals surface area contributed by atoms with Crippen LogP contribution in [0.25, 0.3) is 0 Å². The molecule has 0 aliphatic heterocycles. The molecular weight excluding hydrogens is 268 g/mol. The monoisotopic (exact) mass is 286 g/mol. The second-order valence-corrected chi connectivity index (χ2v) is 4.76. The fraction of sp³-hybridized carbons (Fsp3) is 0.250. The van der Waals surface area contributed by atoms with Gasteiger partial charge in [-0.15, -0.1) is 0 Å². The molecule has 1 amide bonds. The number of carbonyl (C=O) groups excluding carboxylic acids is 2. The fourth-order valence-corrected chi connectivity index (χ4v) is 2.02. The predicted octanol–water partition coefficient (Wildman–Crippen LogP) is 2.77. The number of rotatable bonds is 6. The van der Waals surface area contributed by atoms with Gasteiger partial charge in [-0.25, -0.2) is 0 Å². The molecule has 0 saturated carbocycles. The summed E-state index contributed by atoms with van der Waals surface area (Å²) in [4.78, 5) is 23.4. The van der Waals surface area contributed by atoms with Gasteiger partial charge in [0.25, 0.3) is 0 Å². The average molecular weight is 286 g/mol. The molecule has 5 heteroatoms. The quantitative estimate of drug-likeness (QED) is 0.801. The molecule has 2 aromatic rings. The van der Waals surface area contributed by atoms with Gasteiger partial charge in [-0.1, -0.05) is 12.1 Å². The van der Waals surface area contributed by atoms with Crippen LogP contribution in [0.4, 0.5) is 5.69 Å². The van der Waals surface area contributed by atoms with Crippen LogP contribution in [0.5, 0.6) is 0 Å². The Morgan fingerprint density at radius 3 is 2.62 bits per heavy atom. The molecule has 0 bridgehead atoms. The summed E-state index contributed by atoms with van der Waals surface area (Å²) in [5, 5.41) is 5.80. The van der Waals surface area contributed by atoms with E-state index in [1.807, 2.05) is 19.1 Å². The topological polar surface area (TPSA) is 71.3 Å². The number of anilines is 1. The van der Waals surface area contributed by atoms with Gasteiger partial charge in [0.1, 0.15) is 5.76 Å². The molecule has 0 saturated heterocycles. The van der Waals surface area contributed by atoms with Gasteiger partial charge in [-0.2, -0.15) is 0 Å². The van der Waals surface area contributed by atoms with Crippen LogP contribution in [0.15, 0.2) is 47.1 Å². The standard InChI is InChI=1S/C16H18N2O3/c1-11(15-8-5-9-21-15)18-16(20)10-17-14-7-4-3-6-13(14)12(2)19/h3-9,11,17H,10H2,1-2H3,(H,18,20). The lowest BCUT2D eigenvalue weighted by atomic mass is 10.1. The van der Waals surface area contributed by atoms with E-state index in [9.17, 15) is 9.59 Å². The van der Waals surface area contributed by atoms with E-state index < -0.39 is 0 Å². The molecule has 110 valence electrons. The first-order chi connectivity index (χ1) is 10.1. The van der Waals surface area contributed by atoms with Gasteiger partial charge in [0, 0.05) is 11.3 Å². The zero-order valence-electron chi connectivity index (χ0n) is 12.1. The number of amides is 1. The number of ketones is 1. The Kier molecular flexibility index (Phi) is 4.77. The number of furan rings is 1. The number of carbonyl (C=O) groups is 2. The number of para-hydroxylation sites is 1. The zero-order valence-corrected chi connectivity index (χ0v) is 12.1. The van der Waals surface area contributed by atoms with E-state index in [0.29, 0.717) is 17.0 Å². The molecule has 0 aliphatic carbocycles. The maximum absolute atomic E-state index is 11.9. The van der Waals surface area contributed by atoms with Crippen LogP contribution in [-0.2, 0) is 4.79 Å². The summed E-state index contributed by atoms with van der Waals surface area (Å²) in [5.41, 5.74) is 1.23. The minimum Gasteiger partial charge on any atom is -0.467 e.